The van der Waals surface area contributed by atoms with Crippen molar-refractivity contribution in [2.45, 2.75) is 19.5 Å². The standard InChI is InChI=1S/C22H18F3N5O2/c23-22(24,25)17-7-4-8-19(11-17)32-15-29-10-9-20(28-29)21(31)27-18-12-26-30(14-18)13-16-5-2-1-3-6-16/h1-12,14H,13,15H2,(H,27,31). The molecule has 0 atom stereocenters. The first-order valence-electron chi connectivity index (χ1n) is 9.58. The van der Waals surface area contributed by atoms with Gasteiger partial charge in [-0.25, -0.2) is 4.68 Å². The zero-order chi connectivity index (χ0) is 22.6. The Hall–Kier alpha value is -4.08. The van der Waals surface area contributed by atoms with E-state index in [-0.39, 0.29) is 18.2 Å². The molecule has 1 amide bonds. The summed E-state index contributed by atoms with van der Waals surface area (Å²) in [6, 6.07) is 15.8. The number of halogens is 3. The van der Waals surface area contributed by atoms with E-state index in [0.717, 1.165) is 17.7 Å². The van der Waals surface area contributed by atoms with Gasteiger partial charge in [-0.3, -0.25) is 9.48 Å². The summed E-state index contributed by atoms with van der Waals surface area (Å²) in [6.07, 6.45) is 0.291. The van der Waals surface area contributed by atoms with Crippen LogP contribution in [0.15, 0.2) is 79.3 Å². The Morgan fingerprint density at radius 3 is 2.62 bits per heavy atom. The van der Waals surface area contributed by atoms with Crippen LogP contribution in [0.5, 0.6) is 5.75 Å². The van der Waals surface area contributed by atoms with E-state index < -0.39 is 17.6 Å². The normalized spacial score (nSPS) is 11.3. The summed E-state index contributed by atoms with van der Waals surface area (Å²) in [5.74, 6) is -0.394. The molecule has 0 unspecified atom stereocenters. The summed E-state index contributed by atoms with van der Waals surface area (Å²) in [7, 11) is 0. The van der Waals surface area contributed by atoms with Crippen LogP contribution in [0.4, 0.5) is 18.9 Å². The molecule has 0 aliphatic rings. The second-order valence-electron chi connectivity index (χ2n) is 6.91. The molecule has 1 N–H and O–H groups in total. The van der Waals surface area contributed by atoms with E-state index in [4.69, 9.17) is 4.74 Å². The zero-order valence-corrected chi connectivity index (χ0v) is 16.7. The molecule has 2 aromatic heterocycles. The summed E-state index contributed by atoms with van der Waals surface area (Å²) in [4.78, 5) is 12.4. The number of alkyl halides is 3. The number of carbonyl (C=O) groups excluding carboxylic acids is 1. The molecule has 2 aromatic carbocycles. The monoisotopic (exact) mass is 441 g/mol. The number of nitrogens with zero attached hydrogens (tertiary/aromatic N) is 4. The van der Waals surface area contributed by atoms with Crippen LogP contribution in [0.2, 0.25) is 0 Å². The molecule has 0 spiro atoms. The van der Waals surface area contributed by atoms with Gasteiger partial charge in [-0.2, -0.15) is 23.4 Å². The van der Waals surface area contributed by atoms with Crippen LogP contribution in [-0.2, 0) is 19.5 Å². The number of benzene rings is 2. The summed E-state index contributed by atoms with van der Waals surface area (Å²) in [5.41, 5.74) is 0.922. The van der Waals surface area contributed by atoms with Crippen molar-refractivity contribution < 1.29 is 22.7 Å². The Labute approximate surface area is 181 Å². The lowest BCUT2D eigenvalue weighted by atomic mass is 10.2. The molecule has 2 heterocycles. The molecule has 0 radical (unpaired) electrons. The van der Waals surface area contributed by atoms with Crippen LogP contribution in [-0.4, -0.2) is 25.5 Å². The number of ether oxygens (including phenoxy) is 1. The lowest BCUT2D eigenvalue weighted by Crippen LogP contribution is -2.14. The molecule has 0 saturated heterocycles. The minimum atomic E-state index is -4.45. The smallest absolute Gasteiger partial charge is 0.416 e. The fourth-order valence-electron chi connectivity index (χ4n) is 2.94. The number of hydrogen-bond acceptors (Lipinski definition) is 4. The van der Waals surface area contributed by atoms with Crippen molar-refractivity contribution in [3.8, 4) is 5.75 Å². The molecular weight excluding hydrogens is 423 g/mol. The maximum absolute atomic E-state index is 12.8. The number of rotatable bonds is 7. The van der Waals surface area contributed by atoms with Crippen LogP contribution in [0.3, 0.4) is 0 Å². The molecule has 4 rings (SSSR count). The van der Waals surface area contributed by atoms with Gasteiger partial charge in [0.25, 0.3) is 5.91 Å². The van der Waals surface area contributed by atoms with Crippen LogP contribution in [0.25, 0.3) is 0 Å². The minimum Gasteiger partial charge on any atom is -0.471 e. The highest BCUT2D eigenvalue weighted by molar-refractivity contribution is 6.02. The third-order valence-electron chi connectivity index (χ3n) is 4.48. The second kappa shape index (κ2) is 8.96. The highest BCUT2D eigenvalue weighted by atomic mass is 19.4. The first-order chi connectivity index (χ1) is 15.4. The van der Waals surface area contributed by atoms with Crippen molar-refractivity contribution in [3.63, 3.8) is 0 Å². The molecule has 32 heavy (non-hydrogen) atoms. The molecule has 0 aliphatic heterocycles. The first-order valence-corrected chi connectivity index (χ1v) is 9.58. The van der Waals surface area contributed by atoms with Crippen molar-refractivity contribution in [1.82, 2.24) is 19.6 Å². The highest BCUT2D eigenvalue weighted by Gasteiger charge is 2.30. The fourth-order valence-corrected chi connectivity index (χ4v) is 2.94. The maximum atomic E-state index is 12.8. The third-order valence-corrected chi connectivity index (χ3v) is 4.48. The van der Waals surface area contributed by atoms with E-state index in [0.29, 0.717) is 12.2 Å². The van der Waals surface area contributed by atoms with Gasteiger partial charge in [0.05, 0.1) is 24.0 Å². The van der Waals surface area contributed by atoms with Crippen molar-refractivity contribution in [2.75, 3.05) is 5.32 Å². The number of aromatic nitrogens is 4. The van der Waals surface area contributed by atoms with E-state index in [1.54, 1.807) is 10.9 Å². The van der Waals surface area contributed by atoms with E-state index in [9.17, 15) is 18.0 Å². The molecule has 0 bridgehead atoms. The second-order valence-corrected chi connectivity index (χ2v) is 6.91. The van der Waals surface area contributed by atoms with Gasteiger partial charge in [0.15, 0.2) is 12.4 Å². The average molecular weight is 441 g/mol. The van der Waals surface area contributed by atoms with Gasteiger partial charge in [0, 0.05) is 12.4 Å². The summed E-state index contributed by atoms with van der Waals surface area (Å²) >= 11 is 0. The molecule has 0 aliphatic carbocycles. The van der Waals surface area contributed by atoms with Crippen LogP contribution in [0, 0.1) is 0 Å². The first kappa shape index (κ1) is 21.2. The summed E-state index contributed by atoms with van der Waals surface area (Å²) in [5, 5.41) is 11.0. The lowest BCUT2D eigenvalue weighted by molar-refractivity contribution is -0.137. The van der Waals surface area contributed by atoms with Crippen LogP contribution < -0.4 is 10.1 Å². The van der Waals surface area contributed by atoms with Crippen molar-refractivity contribution in [1.29, 1.82) is 0 Å². The topological polar surface area (TPSA) is 74.0 Å². The predicted molar refractivity (Wildman–Crippen MR) is 110 cm³/mol. The van der Waals surface area contributed by atoms with Crippen molar-refractivity contribution >= 4 is 11.6 Å². The Morgan fingerprint density at radius 2 is 1.84 bits per heavy atom. The lowest BCUT2D eigenvalue weighted by Gasteiger charge is -2.10. The zero-order valence-electron chi connectivity index (χ0n) is 16.7. The Morgan fingerprint density at radius 1 is 1.03 bits per heavy atom. The molecule has 10 heteroatoms. The Kier molecular flexibility index (Phi) is 5.93. The number of hydrogen-bond donors (Lipinski definition) is 1. The molecular formula is C22H18F3N5O2. The maximum Gasteiger partial charge on any atom is 0.416 e. The van der Waals surface area contributed by atoms with Gasteiger partial charge in [-0.1, -0.05) is 36.4 Å². The predicted octanol–water partition coefficient (Wildman–Crippen LogP) is 4.44. The van der Waals surface area contributed by atoms with Gasteiger partial charge in [0.2, 0.25) is 0 Å². The van der Waals surface area contributed by atoms with Gasteiger partial charge >= 0.3 is 6.18 Å². The Bertz CT molecular complexity index is 1200. The minimum absolute atomic E-state index is 0.0483. The van der Waals surface area contributed by atoms with Gasteiger partial charge in [-0.05, 0) is 29.8 Å². The van der Waals surface area contributed by atoms with E-state index in [2.05, 4.69) is 15.5 Å². The number of carbonyl (C=O) groups is 1. The fraction of sp³-hybridized carbons (Fsp3) is 0.136. The SMILES string of the molecule is O=C(Nc1cnn(Cc2ccccc2)c1)c1ccn(COc2cccc(C(F)(F)F)c2)n1. The van der Waals surface area contributed by atoms with Gasteiger partial charge in [0.1, 0.15) is 5.75 Å². The summed E-state index contributed by atoms with van der Waals surface area (Å²) in [6.45, 7) is 0.418. The molecule has 0 fully saturated rings. The third kappa shape index (κ3) is 5.34. The van der Waals surface area contributed by atoms with Gasteiger partial charge in [-0.15, -0.1) is 0 Å². The van der Waals surface area contributed by atoms with Crippen molar-refractivity contribution in [3.05, 3.63) is 96.1 Å². The molecule has 4 aromatic rings. The number of amides is 1. The quantitative estimate of drug-likeness (QED) is 0.460. The van der Waals surface area contributed by atoms with Crippen LogP contribution >= 0.6 is 0 Å². The Balaban J connectivity index is 1.33. The largest absolute Gasteiger partial charge is 0.471 e. The van der Waals surface area contributed by atoms with E-state index in [1.807, 2.05) is 30.3 Å². The van der Waals surface area contributed by atoms with Crippen molar-refractivity contribution in [2.24, 2.45) is 0 Å². The molecule has 164 valence electrons. The van der Waals surface area contributed by atoms with E-state index >= 15 is 0 Å². The number of nitrogens with one attached hydrogen (secondary N) is 1. The van der Waals surface area contributed by atoms with E-state index in [1.165, 1.54) is 35.3 Å². The van der Waals surface area contributed by atoms with Gasteiger partial charge < -0.3 is 10.1 Å². The number of anilines is 1. The highest BCUT2D eigenvalue weighted by Crippen LogP contribution is 2.31. The average Bonchev–Trinajstić information content (AvgIpc) is 3.42. The van der Waals surface area contributed by atoms with Crippen LogP contribution in [0.1, 0.15) is 21.6 Å². The summed E-state index contributed by atoms with van der Waals surface area (Å²) < 4.78 is 46.7. The molecule has 0 saturated carbocycles. The molecule has 7 nitrogen and oxygen atoms in total.